The van der Waals surface area contributed by atoms with Crippen LogP contribution in [0.5, 0.6) is 0 Å². The van der Waals surface area contributed by atoms with Gasteiger partial charge in [-0.2, -0.15) is 9.36 Å². The van der Waals surface area contributed by atoms with Crippen molar-refractivity contribution in [2.75, 3.05) is 24.7 Å². The molecule has 9 heteroatoms. The van der Waals surface area contributed by atoms with Crippen LogP contribution in [-0.4, -0.2) is 35.2 Å². The van der Waals surface area contributed by atoms with Gasteiger partial charge in [-0.05, 0) is 55.6 Å². The van der Waals surface area contributed by atoms with Crippen LogP contribution in [0.4, 0.5) is 16.3 Å². The lowest BCUT2D eigenvalue weighted by molar-refractivity contribution is -0.509. The predicted molar refractivity (Wildman–Crippen MR) is 150 cm³/mol. The van der Waals surface area contributed by atoms with Crippen molar-refractivity contribution in [3.8, 4) is 0 Å². The van der Waals surface area contributed by atoms with Crippen molar-refractivity contribution in [2.24, 2.45) is 14.1 Å². The van der Waals surface area contributed by atoms with E-state index in [4.69, 9.17) is 0 Å². The van der Waals surface area contributed by atoms with Crippen molar-refractivity contribution in [3.63, 3.8) is 0 Å². The van der Waals surface area contributed by atoms with Crippen LogP contribution in [0, 0.1) is 0 Å². The Balaban J connectivity index is 1.54. The van der Waals surface area contributed by atoms with E-state index in [9.17, 15) is 9.59 Å². The second-order valence-corrected chi connectivity index (χ2v) is 9.44. The van der Waals surface area contributed by atoms with Crippen molar-refractivity contribution >= 4 is 45.2 Å². The van der Waals surface area contributed by atoms with Crippen LogP contribution < -0.4 is 25.8 Å². The lowest BCUT2D eigenvalue weighted by Gasteiger charge is -2.10. The molecule has 0 unspecified atom stereocenters. The Morgan fingerprint density at radius 1 is 0.789 bits per heavy atom. The highest BCUT2D eigenvalue weighted by Gasteiger charge is 2.24. The Hall–Kier alpha value is -4.47. The summed E-state index contributed by atoms with van der Waals surface area (Å²) in [6.07, 6.45) is 3.60. The molecule has 2 aromatic carbocycles. The quantitative estimate of drug-likeness (QED) is 0.198. The minimum absolute atomic E-state index is 0.258. The molecule has 9 nitrogen and oxygen atoms in total. The minimum atomic E-state index is -0.302. The van der Waals surface area contributed by atoms with Crippen molar-refractivity contribution in [3.05, 3.63) is 89.9 Å². The molecule has 0 saturated heterocycles. The van der Waals surface area contributed by atoms with E-state index in [0.717, 1.165) is 32.9 Å². The molecule has 0 atom stereocenters. The molecule has 5 rings (SSSR count). The van der Waals surface area contributed by atoms with Gasteiger partial charge in [-0.3, -0.25) is 4.79 Å². The molecule has 0 spiro atoms. The maximum Gasteiger partial charge on any atom is 0.501 e. The molecule has 0 aliphatic heterocycles. The Labute approximate surface area is 221 Å². The summed E-state index contributed by atoms with van der Waals surface area (Å²) in [5.74, 6) is 0.431. The van der Waals surface area contributed by atoms with Crippen molar-refractivity contribution in [1.82, 2.24) is 19.8 Å². The number of pyridine rings is 1. The Bertz CT molecular complexity index is 1600. The van der Waals surface area contributed by atoms with Gasteiger partial charge in [-0.1, -0.05) is 24.3 Å². The van der Waals surface area contributed by atoms with Crippen molar-refractivity contribution in [1.29, 1.82) is 0 Å². The number of benzene rings is 2. The van der Waals surface area contributed by atoms with E-state index in [0.29, 0.717) is 30.3 Å². The van der Waals surface area contributed by atoms with Crippen LogP contribution in [0.1, 0.15) is 21.6 Å². The average Bonchev–Trinajstić information content (AvgIpc) is 3.47. The maximum absolute atomic E-state index is 13.9. The van der Waals surface area contributed by atoms with Crippen molar-refractivity contribution < 1.29 is 14.2 Å². The highest BCUT2D eigenvalue weighted by atomic mass is 16.2. The molecule has 2 amide bonds. The number of carbonyl (C=O) groups excluding carboxylic acids is 2. The van der Waals surface area contributed by atoms with Gasteiger partial charge in [0, 0.05) is 50.2 Å². The number of nitrogens with one attached hydrogen (secondary N) is 4. The second-order valence-electron chi connectivity index (χ2n) is 9.44. The van der Waals surface area contributed by atoms with Crippen LogP contribution in [0.15, 0.2) is 73.1 Å². The molecule has 38 heavy (non-hydrogen) atoms. The summed E-state index contributed by atoms with van der Waals surface area (Å²) in [5, 5.41) is 14.2. The average molecular weight is 511 g/mol. The molecule has 0 radical (unpaired) electrons. The first kappa shape index (κ1) is 25.2. The maximum atomic E-state index is 13.9. The van der Waals surface area contributed by atoms with Crippen LogP contribution in [0.3, 0.4) is 0 Å². The monoisotopic (exact) mass is 510 g/mol. The normalized spacial score (nSPS) is 11.3. The van der Waals surface area contributed by atoms with Gasteiger partial charge in [0.25, 0.3) is 5.91 Å². The van der Waals surface area contributed by atoms with E-state index in [1.54, 1.807) is 28.4 Å². The first-order valence-corrected chi connectivity index (χ1v) is 12.5. The Kier molecular flexibility index (Phi) is 6.95. The lowest BCUT2D eigenvalue weighted by atomic mass is 10.1. The number of hydrogen-bond acceptors (Lipinski definition) is 4. The molecule has 4 N–H and O–H groups in total. The number of anilines is 2. The number of hydrogen-bond donors (Lipinski definition) is 4. The molecule has 0 saturated carbocycles. The molecule has 194 valence electrons. The predicted octanol–water partition coefficient (Wildman–Crippen LogP) is 3.73. The molecule has 3 heterocycles. The number of amides is 2. The summed E-state index contributed by atoms with van der Waals surface area (Å²) in [5.41, 5.74) is 4.73. The zero-order valence-electron chi connectivity index (χ0n) is 22.0. The minimum Gasteiger partial charge on any atom is -0.343 e. The van der Waals surface area contributed by atoms with Gasteiger partial charge in [0.05, 0.1) is 6.20 Å². The fourth-order valence-corrected chi connectivity index (χ4v) is 4.76. The van der Waals surface area contributed by atoms with E-state index in [1.165, 1.54) is 0 Å². The topological polar surface area (TPSA) is 96.0 Å². The van der Waals surface area contributed by atoms with E-state index < -0.39 is 0 Å². The third kappa shape index (κ3) is 4.89. The molecule has 5 aromatic rings. The molecular weight excluding hydrogens is 478 g/mol. The van der Waals surface area contributed by atoms with Crippen LogP contribution in [0.25, 0.3) is 21.8 Å². The van der Waals surface area contributed by atoms with Gasteiger partial charge in [-0.15, -0.1) is 0 Å². The summed E-state index contributed by atoms with van der Waals surface area (Å²) in [7, 11) is 7.44. The van der Waals surface area contributed by atoms with E-state index in [-0.39, 0.29) is 11.9 Å². The summed E-state index contributed by atoms with van der Waals surface area (Å²) < 4.78 is 5.26. The summed E-state index contributed by atoms with van der Waals surface area (Å²) in [4.78, 5) is 26.8. The van der Waals surface area contributed by atoms with Gasteiger partial charge in [-0.25, -0.2) is 5.32 Å². The zero-order chi connectivity index (χ0) is 26.8. The summed E-state index contributed by atoms with van der Waals surface area (Å²) in [6.45, 7) is 1.38. The second kappa shape index (κ2) is 10.5. The highest BCUT2D eigenvalue weighted by molar-refractivity contribution is 6.04. The number of carbonyl (C=O) groups is 2. The lowest BCUT2D eigenvalue weighted by Crippen LogP contribution is -2.47. The first-order chi connectivity index (χ1) is 18.4. The standard InChI is InChI=1S/C29H31N7O2/c1-30-16-19-7-9-21-14-22-10-8-20(17-31-2)13-25(22)36(24(21)12-19)29(38)32-23-15-26(35(4)18-23)28(37)33-27-6-5-11-34(27)3/h5-15,18,30-31H,16-17H2,1-4H3,(H-,32,33,37,38)/p+1. The zero-order valence-corrected chi connectivity index (χ0v) is 22.0. The summed E-state index contributed by atoms with van der Waals surface area (Å²) >= 11 is 0. The molecule has 0 fully saturated rings. The van der Waals surface area contributed by atoms with Gasteiger partial charge in [0.1, 0.15) is 28.2 Å². The molecule has 0 bridgehead atoms. The summed E-state index contributed by atoms with van der Waals surface area (Å²) in [6, 6.07) is 19.5. The molecular formula is C29H32N7O2+. The number of aryl methyl sites for hydroxylation is 2. The van der Waals surface area contributed by atoms with Crippen molar-refractivity contribution in [2.45, 2.75) is 13.1 Å². The fourth-order valence-electron chi connectivity index (χ4n) is 4.76. The van der Waals surface area contributed by atoms with Gasteiger partial charge in [0.2, 0.25) is 0 Å². The van der Waals surface area contributed by atoms with E-state index >= 15 is 0 Å². The Morgan fingerprint density at radius 3 is 1.97 bits per heavy atom. The highest BCUT2D eigenvalue weighted by Crippen LogP contribution is 2.22. The number of rotatable bonds is 7. The third-order valence-electron chi connectivity index (χ3n) is 6.62. The number of nitrogens with zero attached hydrogens (tertiary/aromatic N) is 3. The third-order valence-corrected chi connectivity index (χ3v) is 6.62. The van der Waals surface area contributed by atoms with Gasteiger partial charge >= 0.3 is 6.03 Å². The SMILES string of the molecule is CNCc1ccc2cc3ccc(CNC)cc3[n+](C(=O)Nc3cc(C(=O)Nc4cccn4C)n(C)c3)c2c1. The van der Waals surface area contributed by atoms with Crippen LogP contribution >= 0.6 is 0 Å². The van der Waals surface area contributed by atoms with Crippen LogP contribution in [-0.2, 0) is 27.2 Å². The molecule has 0 aliphatic carbocycles. The smallest absolute Gasteiger partial charge is 0.343 e. The van der Waals surface area contributed by atoms with Gasteiger partial charge in [0.15, 0.2) is 0 Å². The fraction of sp³-hybridized carbons (Fsp3) is 0.207. The Morgan fingerprint density at radius 2 is 1.42 bits per heavy atom. The van der Waals surface area contributed by atoms with Gasteiger partial charge < -0.3 is 25.1 Å². The largest absolute Gasteiger partial charge is 0.501 e. The molecule has 0 aliphatic rings. The number of aromatic nitrogens is 3. The number of fused-ring (bicyclic) bond motifs is 2. The van der Waals surface area contributed by atoms with E-state index in [2.05, 4.69) is 39.5 Å². The van der Waals surface area contributed by atoms with E-state index in [1.807, 2.05) is 68.3 Å². The first-order valence-electron chi connectivity index (χ1n) is 12.5. The van der Waals surface area contributed by atoms with Crippen LogP contribution in [0.2, 0.25) is 0 Å². The molecule has 3 aromatic heterocycles.